The zero-order valence-electron chi connectivity index (χ0n) is 7.34. The maximum absolute atomic E-state index is 3.45. The third-order valence-corrected chi connectivity index (χ3v) is 3.64. The van der Waals surface area contributed by atoms with E-state index in [1.54, 1.807) is 0 Å². The summed E-state index contributed by atoms with van der Waals surface area (Å²) in [7, 11) is 0. The van der Waals surface area contributed by atoms with Crippen molar-refractivity contribution in [2.24, 2.45) is 0 Å². The van der Waals surface area contributed by atoms with Crippen molar-refractivity contribution in [1.29, 1.82) is 0 Å². The summed E-state index contributed by atoms with van der Waals surface area (Å²) >= 11 is 1.86. The Hall–Kier alpha value is -0.860. The molecule has 2 heterocycles. The minimum atomic E-state index is 1.04. The Morgan fingerprint density at radius 3 is 3.23 bits per heavy atom. The van der Waals surface area contributed by atoms with Gasteiger partial charge in [0.05, 0.1) is 0 Å². The maximum Gasteiger partial charge on any atom is 0.0348 e. The molecule has 66 valence electrons. The Morgan fingerprint density at radius 1 is 1.23 bits per heavy atom. The van der Waals surface area contributed by atoms with Crippen LogP contribution in [-0.4, -0.2) is 6.54 Å². The topological polar surface area (TPSA) is 12.0 Å². The molecule has 0 aliphatic carbocycles. The molecular formula is C11H11NS. The molecule has 1 aromatic heterocycles. The van der Waals surface area contributed by atoms with E-state index in [-0.39, 0.29) is 0 Å². The summed E-state index contributed by atoms with van der Waals surface area (Å²) in [5, 5.41) is 7.24. The lowest BCUT2D eigenvalue weighted by atomic mass is 10.1. The van der Waals surface area contributed by atoms with Crippen LogP contribution in [0.25, 0.3) is 10.1 Å². The summed E-state index contributed by atoms with van der Waals surface area (Å²) in [6.45, 7) is 2.15. The lowest BCUT2D eigenvalue weighted by Gasteiger charge is -1.99. The summed E-state index contributed by atoms with van der Waals surface area (Å²) in [6.07, 6.45) is 1.17. The van der Waals surface area contributed by atoms with Crippen LogP contribution >= 0.6 is 11.3 Å². The lowest BCUT2D eigenvalue weighted by Crippen LogP contribution is -2.13. The average molecular weight is 189 g/mol. The first kappa shape index (κ1) is 7.54. The van der Waals surface area contributed by atoms with Crippen molar-refractivity contribution < 1.29 is 0 Å². The molecule has 0 saturated carbocycles. The normalized spacial score (nSPS) is 16.0. The Bertz CT molecular complexity index is 444. The molecule has 0 fully saturated rings. The molecule has 1 aromatic carbocycles. The van der Waals surface area contributed by atoms with Crippen molar-refractivity contribution in [2.45, 2.75) is 13.0 Å². The molecule has 0 radical (unpaired) electrons. The van der Waals surface area contributed by atoms with Crippen LogP contribution in [0.3, 0.4) is 0 Å². The minimum absolute atomic E-state index is 1.04. The van der Waals surface area contributed by atoms with E-state index in [1.807, 2.05) is 11.3 Å². The van der Waals surface area contributed by atoms with E-state index in [0.717, 1.165) is 13.1 Å². The zero-order chi connectivity index (χ0) is 8.67. The van der Waals surface area contributed by atoms with Crippen molar-refractivity contribution in [3.63, 3.8) is 0 Å². The van der Waals surface area contributed by atoms with Gasteiger partial charge < -0.3 is 5.32 Å². The second-order valence-electron chi connectivity index (χ2n) is 3.48. The van der Waals surface area contributed by atoms with Crippen molar-refractivity contribution >= 4 is 21.4 Å². The average Bonchev–Trinajstić information content (AvgIpc) is 2.44. The van der Waals surface area contributed by atoms with Gasteiger partial charge in [-0.25, -0.2) is 0 Å². The van der Waals surface area contributed by atoms with Crippen LogP contribution in [0, 0.1) is 0 Å². The monoisotopic (exact) mass is 189 g/mol. The third-order valence-electron chi connectivity index (χ3n) is 2.65. The van der Waals surface area contributed by atoms with Gasteiger partial charge in [-0.3, -0.25) is 0 Å². The number of hydrogen-bond acceptors (Lipinski definition) is 2. The highest BCUT2D eigenvalue weighted by Crippen LogP contribution is 2.30. The smallest absolute Gasteiger partial charge is 0.0348 e. The quantitative estimate of drug-likeness (QED) is 0.671. The number of benzene rings is 1. The highest BCUT2D eigenvalue weighted by molar-refractivity contribution is 7.17. The van der Waals surface area contributed by atoms with Crippen molar-refractivity contribution in [3.8, 4) is 0 Å². The Kier molecular flexibility index (Phi) is 1.64. The first-order valence-electron chi connectivity index (χ1n) is 4.64. The Labute approximate surface area is 81.4 Å². The van der Waals surface area contributed by atoms with Gasteiger partial charge in [-0.05, 0) is 35.5 Å². The standard InChI is InChI=1S/C11H11NS/c1-2-8-4-5-12-6-9-7-13-10(3-1)11(8)9/h1-3,7,12H,4-6H2. The molecule has 2 heteroatoms. The predicted molar refractivity (Wildman–Crippen MR) is 57.2 cm³/mol. The number of nitrogens with one attached hydrogen (secondary N) is 1. The maximum atomic E-state index is 3.45. The Morgan fingerprint density at radius 2 is 2.23 bits per heavy atom. The van der Waals surface area contributed by atoms with Crippen molar-refractivity contribution in [1.82, 2.24) is 5.32 Å². The van der Waals surface area contributed by atoms with E-state index >= 15 is 0 Å². The first-order chi connectivity index (χ1) is 6.45. The molecular weight excluding hydrogens is 178 g/mol. The van der Waals surface area contributed by atoms with Gasteiger partial charge in [0.15, 0.2) is 0 Å². The number of thiophene rings is 1. The molecule has 1 aliphatic rings. The highest BCUT2D eigenvalue weighted by atomic mass is 32.1. The third kappa shape index (κ3) is 1.10. The molecule has 1 aliphatic heterocycles. The van der Waals surface area contributed by atoms with E-state index in [2.05, 4.69) is 28.9 Å². The molecule has 0 spiro atoms. The van der Waals surface area contributed by atoms with Gasteiger partial charge in [-0.2, -0.15) is 0 Å². The Balaban J connectivity index is 2.40. The first-order valence-corrected chi connectivity index (χ1v) is 5.52. The van der Waals surface area contributed by atoms with E-state index in [9.17, 15) is 0 Å². The van der Waals surface area contributed by atoms with Crippen LogP contribution in [0.5, 0.6) is 0 Å². The summed E-state index contributed by atoms with van der Waals surface area (Å²) in [4.78, 5) is 0. The van der Waals surface area contributed by atoms with Gasteiger partial charge in [0.25, 0.3) is 0 Å². The zero-order valence-corrected chi connectivity index (χ0v) is 8.16. The summed E-state index contributed by atoms with van der Waals surface area (Å²) in [5.41, 5.74) is 2.99. The van der Waals surface area contributed by atoms with Crippen LogP contribution in [0.2, 0.25) is 0 Å². The fourth-order valence-corrected chi connectivity index (χ4v) is 3.02. The molecule has 1 N–H and O–H groups in total. The molecule has 0 saturated heterocycles. The van der Waals surface area contributed by atoms with Crippen molar-refractivity contribution in [3.05, 3.63) is 34.7 Å². The molecule has 0 amide bonds. The second kappa shape index (κ2) is 2.82. The van der Waals surface area contributed by atoms with E-state index in [4.69, 9.17) is 0 Å². The molecule has 2 aromatic rings. The van der Waals surface area contributed by atoms with Crippen LogP contribution < -0.4 is 5.32 Å². The van der Waals surface area contributed by atoms with E-state index in [1.165, 1.54) is 27.6 Å². The summed E-state index contributed by atoms with van der Waals surface area (Å²) < 4.78 is 1.44. The van der Waals surface area contributed by atoms with Gasteiger partial charge in [0.1, 0.15) is 0 Å². The lowest BCUT2D eigenvalue weighted by molar-refractivity contribution is 0.703. The highest BCUT2D eigenvalue weighted by Gasteiger charge is 2.10. The largest absolute Gasteiger partial charge is 0.312 e. The molecule has 3 rings (SSSR count). The van der Waals surface area contributed by atoms with Gasteiger partial charge in [0.2, 0.25) is 0 Å². The molecule has 13 heavy (non-hydrogen) atoms. The van der Waals surface area contributed by atoms with Gasteiger partial charge >= 0.3 is 0 Å². The molecule has 0 unspecified atom stereocenters. The predicted octanol–water partition coefficient (Wildman–Crippen LogP) is 2.55. The number of hydrogen-bond donors (Lipinski definition) is 1. The molecule has 0 bridgehead atoms. The summed E-state index contributed by atoms with van der Waals surface area (Å²) in [6, 6.07) is 6.65. The fraction of sp³-hybridized carbons (Fsp3) is 0.273. The molecule has 1 nitrogen and oxygen atoms in total. The SMILES string of the molecule is c1cc2c3c(csc3c1)CNCC2. The van der Waals surface area contributed by atoms with Crippen LogP contribution in [-0.2, 0) is 13.0 Å². The van der Waals surface area contributed by atoms with Crippen molar-refractivity contribution in [2.75, 3.05) is 6.54 Å². The second-order valence-corrected chi connectivity index (χ2v) is 4.39. The fourth-order valence-electron chi connectivity index (χ4n) is 2.02. The minimum Gasteiger partial charge on any atom is -0.312 e. The van der Waals surface area contributed by atoms with E-state index in [0.29, 0.717) is 0 Å². The van der Waals surface area contributed by atoms with Gasteiger partial charge in [-0.15, -0.1) is 11.3 Å². The van der Waals surface area contributed by atoms with Gasteiger partial charge in [-0.1, -0.05) is 12.1 Å². The van der Waals surface area contributed by atoms with Crippen LogP contribution in [0.4, 0.5) is 0 Å². The van der Waals surface area contributed by atoms with Crippen LogP contribution in [0.15, 0.2) is 23.6 Å². The van der Waals surface area contributed by atoms with E-state index < -0.39 is 0 Å². The van der Waals surface area contributed by atoms with Crippen LogP contribution in [0.1, 0.15) is 11.1 Å². The van der Waals surface area contributed by atoms with Gasteiger partial charge in [0, 0.05) is 16.6 Å². The summed E-state index contributed by atoms with van der Waals surface area (Å²) in [5.74, 6) is 0. The molecule has 0 atom stereocenters. The number of rotatable bonds is 0.